The van der Waals surface area contributed by atoms with Crippen molar-refractivity contribution in [3.8, 4) is 0 Å². The molecule has 1 aliphatic heterocycles. The fraction of sp³-hybridized carbons (Fsp3) is 0.174. The lowest BCUT2D eigenvalue weighted by Gasteiger charge is -2.24. The third-order valence-electron chi connectivity index (χ3n) is 5.11. The van der Waals surface area contributed by atoms with E-state index in [1.54, 1.807) is 42.5 Å². The maximum Gasteiger partial charge on any atom is 0.279 e. The molecule has 5 nitrogen and oxygen atoms in total. The first-order valence-corrected chi connectivity index (χ1v) is 11.4. The molecule has 4 rings (SSSR count). The van der Waals surface area contributed by atoms with Crippen LogP contribution in [0.15, 0.2) is 88.9 Å². The molecule has 0 aromatic heterocycles. The van der Waals surface area contributed by atoms with Crippen LogP contribution in [0.2, 0.25) is 5.02 Å². The second kappa shape index (κ2) is 8.13. The Bertz CT molecular complexity index is 1180. The molecule has 0 N–H and O–H groups in total. The van der Waals surface area contributed by atoms with Gasteiger partial charge in [-0.3, -0.25) is 0 Å². The van der Waals surface area contributed by atoms with Gasteiger partial charge in [-0.25, -0.2) is 0 Å². The average molecular weight is 440 g/mol. The summed E-state index contributed by atoms with van der Waals surface area (Å²) in [6, 6.07) is 23.2. The van der Waals surface area contributed by atoms with Crippen molar-refractivity contribution >= 4 is 33.0 Å². The van der Waals surface area contributed by atoms with Gasteiger partial charge in [-0.1, -0.05) is 54.1 Å². The Balaban J connectivity index is 1.80. The standard InChI is InChI=1S/C23H22ClN3O2S/c1-26(2)20-8-6-7-18(15-20)23-16-22(17-11-13-19(24)14-12-17)25-27(23)30(28,29)21-9-4-3-5-10-21/h3-15,23H,16H2,1-2H3/t23-/m1/s1. The Kier molecular flexibility index (Phi) is 5.54. The number of benzene rings is 3. The highest BCUT2D eigenvalue weighted by molar-refractivity contribution is 7.89. The summed E-state index contributed by atoms with van der Waals surface area (Å²) >= 11 is 6.02. The van der Waals surface area contributed by atoms with Crippen LogP contribution < -0.4 is 4.90 Å². The maximum absolute atomic E-state index is 13.5. The minimum atomic E-state index is -3.81. The van der Waals surface area contributed by atoms with E-state index in [-0.39, 0.29) is 4.90 Å². The Morgan fingerprint density at radius 3 is 2.33 bits per heavy atom. The summed E-state index contributed by atoms with van der Waals surface area (Å²) in [6.45, 7) is 0. The van der Waals surface area contributed by atoms with Crippen molar-refractivity contribution < 1.29 is 8.42 Å². The van der Waals surface area contributed by atoms with E-state index in [1.807, 2.05) is 55.4 Å². The lowest BCUT2D eigenvalue weighted by molar-refractivity contribution is 0.371. The minimum absolute atomic E-state index is 0.222. The van der Waals surface area contributed by atoms with Crippen LogP contribution in [0.4, 0.5) is 5.69 Å². The third kappa shape index (κ3) is 3.93. The largest absolute Gasteiger partial charge is 0.378 e. The van der Waals surface area contributed by atoms with E-state index >= 15 is 0 Å². The van der Waals surface area contributed by atoms with Gasteiger partial charge in [0.05, 0.1) is 16.6 Å². The SMILES string of the molecule is CN(C)c1cccc([C@H]2CC(c3ccc(Cl)cc3)=NN2S(=O)(=O)c2ccccc2)c1. The Morgan fingerprint density at radius 1 is 0.967 bits per heavy atom. The second-order valence-electron chi connectivity index (χ2n) is 7.35. The first-order valence-electron chi connectivity index (χ1n) is 9.56. The van der Waals surface area contributed by atoms with Gasteiger partial charge in [0.2, 0.25) is 0 Å². The summed E-state index contributed by atoms with van der Waals surface area (Å²) in [5.74, 6) is 0. The van der Waals surface area contributed by atoms with E-state index in [0.29, 0.717) is 17.2 Å². The van der Waals surface area contributed by atoms with E-state index < -0.39 is 16.1 Å². The first kappa shape index (κ1) is 20.4. The van der Waals surface area contributed by atoms with Crippen molar-refractivity contribution in [2.45, 2.75) is 17.4 Å². The molecule has 1 aliphatic rings. The fourth-order valence-corrected chi connectivity index (χ4v) is 5.07. The number of halogens is 1. The second-order valence-corrected chi connectivity index (χ2v) is 9.59. The number of hydrogen-bond acceptors (Lipinski definition) is 4. The third-order valence-corrected chi connectivity index (χ3v) is 7.06. The molecule has 0 amide bonds. The number of anilines is 1. The smallest absolute Gasteiger partial charge is 0.279 e. The van der Waals surface area contributed by atoms with Gasteiger partial charge >= 0.3 is 0 Å². The van der Waals surface area contributed by atoms with E-state index in [2.05, 4.69) is 5.10 Å². The number of sulfonamides is 1. The normalized spacial score (nSPS) is 16.4. The molecule has 0 bridgehead atoms. The number of hydrogen-bond donors (Lipinski definition) is 0. The molecule has 0 spiro atoms. The van der Waals surface area contributed by atoms with Crippen molar-refractivity contribution in [2.75, 3.05) is 19.0 Å². The number of nitrogens with zero attached hydrogens (tertiary/aromatic N) is 3. The Labute approximate surface area is 182 Å². The fourth-order valence-electron chi connectivity index (χ4n) is 3.49. The van der Waals surface area contributed by atoms with Crippen molar-refractivity contribution in [1.29, 1.82) is 0 Å². The maximum atomic E-state index is 13.5. The summed E-state index contributed by atoms with van der Waals surface area (Å²) in [5, 5.41) is 5.20. The molecular formula is C23H22ClN3O2S. The zero-order chi connectivity index (χ0) is 21.3. The summed E-state index contributed by atoms with van der Waals surface area (Å²) in [7, 11) is 0.108. The molecule has 3 aromatic rings. The van der Waals surface area contributed by atoms with Gasteiger partial charge in [-0.2, -0.15) is 17.9 Å². The first-order chi connectivity index (χ1) is 14.4. The highest BCUT2D eigenvalue weighted by Crippen LogP contribution is 2.38. The lowest BCUT2D eigenvalue weighted by Crippen LogP contribution is -2.27. The van der Waals surface area contributed by atoms with Crippen molar-refractivity contribution in [2.24, 2.45) is 5.10 Å². The zero-order valence-electron chi connectivity index (χ0n) is 16.7. The molecule has 0 saturated heterocycles. The molecule has 1 atom stereocenters. The van der Waals surface area contributed by atoms with Crippen LogP contribution >= 0.6 is 11.6 Å². The van der Waals surface area contributed by atoms with E-state index in [4.69, 9.17) is 11.6 Å². The molecule has 1 heterocycles. The molecule has 3 aromatic carbocycles. The van der Waals surface area contributed by atoms with Gasteiger partial charge in [0.1, 0.15) is 0 Å². The van der Waals surface area contributed by atoms with Crippen LogP contribution in [0.1, 0.15) is 23.6 Å². The predicted octanol–water partition coefficient (Wildman–Crippen LogP) is 4.95. The van der Waals surface area contributed by atoms with Crippen molar-refractivity contribution in [3.63, 3.8) is 0 Å². The van der Waals surface area contributed by atoms with Crippen LogP contribution in [0.5, 0.6) is 0 Å². The quantitative estimate of drug-likeness (QED) is 0.565. The van der Waals surface area contributed by atoms with Crippen LogP contribution in [-0.2, 0) is 10.0 Å². The lowest BCUT2D eigenvalue weighted by atomic mass is 9.99. The molecule has 30 heavy (non-hydrogen) atoms. The monoisotopic (exact) mass is 439 g/mol. The summed E-state index contributed by atoms with van der Waals surface area (Å²) in [4.78, 5) is 2.22. The molecule has 0 unspecified atom stereocenters. The average Bonchev–Trinajstić information content (AvgIpc) is 3.21. The van der Waals surface area contributed by atoms with Crippen molar-refractivity contribution in [1.82, 2.24) is 4.41 Å². The highest BCUT2D eigenvalue weighted by Gasteiger charge is 2.37. The van der Waals surface area contributed by atoms with Gasteiger partial charge in [-0.15, -0.1) is 0 Å². The van der Waals surface area contributed by atoms with Gasteiger partial charge in [-0.05, 0) is 47.5 Å². The summed E-state index contributed by atoms with van der Waals surface area (Å²) in [5.41, 5.74) is 3.48. The molecule has 0 saturated carbocycles. The van der Waals surface area contributed by atoms with E-state index in [0.717, 1.165) is 16.8 Å². The topological polar surface area (TPSA) is 53.0 Å². The van der Waals surface area contributed by atoms with Crippen LogP contribution in [0.25, 0.3) is 0 Å². The van der Waals surface area contributed by atoms with Gasteiger partial charge < -0.3 is 4.90 Å². The highest BCUT2D eigenvalue weighted by atomic mass is 35.5. The predicted molar refractivity (Wildman–Crippen MR) is 122 cm³/mol. The summed E-state index contributed by atoms with van der Waals surface area (Å²) < 4.78 is 28.2. The van der Waals surface area contributed by atoms with E-state index in [9.17, 15) is 8.42 Å². The zero-order valence-corrected chi connectivity index (χ0v) is 18.3. The summed E-state index contributed by atoms with van der Waals surface area (Å²) in [6.07, 6.45) is 0.477. The number of hydrazone groups is 1. The molecule has 0 fully saturated rings. The molecule has 0 aliphatic carbocycles. The molecular weight excluding hydrogens is 418 g/mol. The van der Waals surface area contributed by atoms with Crippen LogP contribution in [0.3, 0.4) is 0 Å². The van der Waals surface area contributed by atoms with Gasteiger partial charge in [0, 0.05) is 31.2 Å². The molecule has 0 radical (unpaired) electrons. The molecule has 154 valence electrons. The molecule has 7 heteroatoms. The Morgan fingerprint density at radius 2 is 1.67 bits per heavy atom. The van der Waals surface area contributed by atoms with Gasteiger partial charge in [0.15, 0.2) is 0 Å². The van der Waals surface area contributed by atoms with Crippen molar-refractivity contribution in [3.05, 3.63) is 95.0 Å². The van der Waals surface area contributed by atoms with Gasteiger partial charge in [0.25, 0.3) is 10.0 Å². The van der Waals surface area contributed by atoms with E-state index in [1.165, 1.54) is 4.41 Å². The number of rotatable bonds is 5. The minimum Gasteiger partial charge on any atom is -0.378 e. The Hall–Kier alpha value is -2.83. The van der Waals surface area contributed by atoms with Crippen LogP contribution in [0, 0.1) is 0 Å². The van der Waals surface area contributed by atoms with Crippen LogP contribution in [-0.4, -0.2) is 32.6 Å².